The van der Waals surface area contributed by atoms with Gasteiger partial charge < -0.3 is 10.2 Å². The minimum Gasteiger partial charge on any atom is -0.372 e. The molecule has 1 N–H and O–H groups in total. The molecule has 0 atom stereocenters. The van der Waals surface area contributed by atoms with Crippen molar-refractivity contribution in [2.75, 3.05) is 25.5 Å². The third-order valence-corrected chi connectivity index (χ3v) is 4.23. The Morgan fingerprint density at radius 1 is 1.53 bits per heavy atom. The maximum atomic E-state index is 12.6. The lowest BCUT2D eigenvalue weighted by Gasteiger charge is -2.31. The van der Waals surface area contributed by atoms with Gasteiger partial charge in [-0.25, -0.2) is 4.98 Å². The number of likely N-dealkylation sites (tertiary alicyclic amines) is 1. The second-order valence-corrected chi connectivity index (χ2v) is 5.86. The van der Waals surface area contributed by atoms with Crippen LogP contribution in [0.4, 0.5) is 5.82 Å². The van der Waals surface area contributed by atoms with E-state index in [-0.39, 0.29) is 5.91 Å². The fourth-order valence-corrected chi connectivity index (χ4v) is 2.85. The number of nitrogens with one attached hydrogen (secondary N) is 1. The summed E-state index contributed by atoms with van der Waals surface area (Å²) < 4.78 is 0.832. The summed E-state index contributed by atoms with van der Waals surface area (Å²) in [6.45, 7) is 3.93. The van der Waals surface area contributed by atoms with Gasteiger partial charge in [-0.05, 0) is 40.8 Å². The van der Waals surface area contributed by atoms with E-state index in [0.29, 0.717) is 11.4 Å². The highest BCUT2D eigenvalue weighted by Gasteiger charge is 2.24. The summed E-state index contributed by atoms with van der Waals surface area (Å²) in [5.74, 6) is 1.49. The smallest absolute Gasteiger partial charge is 0.257 e. The number of anilines is 1. The van der Waals surface area contributed by atoms with Crippen molar-refractivity contribution in [3.8, 4) is 0 Å². The third kappa shape index (κ3) is 3.26. The molecule has 19 heavy (non-hydrogen) atoms. The molecular formula is C14H20BrN3O. The van der Waals surface area contributed by atoms with E-state index < -0.39 is 0 Å². The first kappa shape index (κ1) is 14.3. The van der Waals surface area contributed by atoms with Crippen molar-refractivity contribution in [1.29, 1.82) is 0 Å². The van der Waals surface area contributed by atoms with Crippen LogP contribution in [0.2, 0.25) is 0 Å². The molecule has 1 aliphatic heterocycles. The van der Waals surface area contributed by atoms with Crippen LogP contribution >= 0.6 is 15.9 Å². The van der Waals surface area contributed by atoms with E-state index in [0.717, 1.165) is 36.3 Å². The Hall–Kier alpha value is -1.10. The highest BCUT2D eigenvalue weighted by Crippen LogP contribution is 2.24. The molecule has 2 heterocycles. The molecule has 5 heteroatoms. The van der Waals surface area contributed by atoms with Crippen molar-refractivity contribution in [2.24, 2.45) is 5.92 Å². The van der Waals surface area contributed by atoms with Crippen LogP contribution in [0.3, 0.4) is 0 Å². The molecule has 0 saturated carbocycles. The van der Waals surface area contributed by atoms with Crippen LogP contribution in [0.25, 0.3) is 0 Å². The first-order valence-electron chi connectivity index (χ1n) is 6.78. The third-order valence-electron chi connectivity index (χ3n) is 3.80. The van der Waals surface area contributed by atoms with Crippen molar-refractivity contribution >= 4 is 27.7 Å². The van der Waals surface area contributed by atoms with Crippen LogP contribution in [0, 0.1) is 5.92 Å². The van der Waals surface area contributed by atoms with Crippen LogP contribution in [-0.2, 0) is 0 Å². The number of aromatic nitrogens is 1. The molecule has 0 bridgehead atoms. The first-order chi connectivity index (χ1) is 9.15. The number of pyridine rings is 1. The van der Waals surface area contributed by atoms with Crippen LogP contribution in [0.1, 0.15) is 36.5 Å². The molecule has 1 amide bonds. The zero-order valence-electron chi connectivity index (χ0n) is 11.4. The molecule has 104 valence electrons. The summed E-state index contributed by atoms with van der Waals surface area (Å²) in [5.41, 5.74) is 0.645. The first-order valence-corrected chi connectivity index (χ1v) is 7.57. The maximum absolute atomic E-state index is 12.6. The summed E-state index contributed by atoms with van der Waals surface area (Å²) in [6, 6.07) is 1.84. The minimum absolute atomic E-state index is 0.0766. The number of carbonyl (C=O) groups excluding carboxylic acids is 1. The van der Waals surface area contributed by atoms with E-state index in [9.17, 15) is 4.79 Å². The van der Waals surface area contributed by atoms with Gasteiger partial charge in [-0.1, -0.05) is 13.3 Å². The van der Waals surface area contributed by atoms with Gasteiger partial charge in [0.2, 0.25) is 0 Å². The topological polar surface area (TPSA) is 45.2 Å². The Balaban J connectivity index is 2.14. The molecule has 0 spiro atoms. The summed E-state index contributed by atoms with van der Waals surface area (Å²) in [7, 11) is 1.79. The van der Waals surface area contributed by atoms with Crippen LogP contribution < -0.4 is 5.32 Å². The van der Waals surface area contributed by atoms with E-state index >= 15 is 0 Å². The van der Waals surface area contributed by atoms with Crippen LogP contribution in [0.5, 0.6) is 0 Å². The van der Waals surface area contributed by atoms with Gasteiger partial charge in [-0.15, -0.1) is 0 Å². The molecule has 1 aromatic rings. The molecule has 0 aromatic carbocycles. The molecule has 1 aliphatic rings. The zero-order chi connectivity index (χ0) is 13.8. The lowest BCUT2D eigenvalue weighted by Crippen LogP contribution is -2.38. The average molecular weight is 326 g/mol. The second kappa shape index (κ2) is 6.37. The number of hydrogen-bond acceptors (Lipinski definition) is 3. The SMILES string of the molecule is CCC1CCN(C(=O)c2cc(Br)cnc2NC)CC1. The molecule has 4 nitrogen and oxygen atoms in total. The van der Waals surface area contributed by atoms with Gasteiger partial charge in [-0.2, -0.15) is 0 Å². The minimum atomic E-state index is 0.0766. The van der Waals surface area contributed by atoms with Crippen molar-refractivity contribution in [2.45, 2.75) is 26.2 Å². The molecule has 2 rings (SSSR count). The van der Waals surface area contributed by atoms with E-state index in [1.54, 1.807) is 13.2 Å². The summed E-state index contributed by atoms with van der Waals surface area (Å²) in [6.07, 6.45) is 5.13. The Bertz CT molecular complexity index is 456. The molecule has 0 aliphatic carbocycles. The fraction of sp³-hybridized carbons (Fsp3) is 0.571. The standard InChI is InChI=1S/C14H20BrN3O/c1-3-10-4-6-18(7-5-10)14(19)12-8-11(15)9-17-13(12)16-2/h8-10H,3-7H2,1-2H3,(H,16,17). The monoisotopic (exact) mass is 325 g/mol. The van der Waals surface area contributed by atoms with Crippen LogP contribution in [-0.4, -0.2) is 35.9 Å². The average Bonchev–Trinajstić information content (AvgIpc) is 2.46. The van der Waals surface area contributed by atoms with E-state index in [1.165, 1.54) is 6.42 Å². The van der Waals surface area contributed by atoms with Gasteiger partial charge in [0.15, 0.2) is 0 Å². The zero-order valence-corrected chi connectivity index (χ0v) is 13.0. The number of carbonyl (C=O) groups is 1. The molecular weight excluding hydrogens is 306 g/mol. The van der Waals surface area contributed by atoms with Gasteiger partial charge in [0, 0.05) is 30.8 Å². The van der Waals surface area contributed by atoms with Gasteiger partial charge in [-0.3, -0.25) is 4.79 Å². The molecule has 1 saturated heterocycles. The fourth-order valence-electron chi connectivity index (χ4n) is 2.52. The molecule has 0 unspecified atom stereocenters. The van der Waals surface area contributed by atoms with Gasteiger partial charge in [0.25, 0.3) is 5.91 Å². The van der Waals surface area contributed by atoms with Gasteiger partial charge >= 0.3 is 0 Å². The predicted molar refractivity (Wildman–Crippen MR) is 80.4 cm³/mol. The number of piperidine rings is 1. The lowest BCUT2D eigenvalue weighted by molar-refractivity contribution is 0.0689. The van der Waals surface area contributed by atoms with Crippen molar-refractivity contribution < 1.29 is 4.79 Å². The van der Waals surface area contributed by atoms with Crippen molar-refractivity contribution in [3.05, 3.63) is 22.3 Å². The summed E-state index contributed by atoms with van der Waals surface area (Å²) in [4.78, 5) is 18.7. The number of rotatable bonds is 3. The maximum Gasteiger partial charge on any atom is 0.257 e. The summed E-state index contributed by atoms with van der Waals surface area (Å²) >= 11 is 3.38. The predicted octanol–water partition coefficient (Wildman–Crippen LogP) is 3.15. The van der Waals surface area contributed by atoms with E-state index in [2.05, 4.69) is 33.2 Å². The Kier molecular flexibility index (Phi) is 4.80. The lowest BCUT2D eigenvalue weighted by atomic mass is 9.94. The molecule has 0 radical (unpaired) electrons. The van der Waals surface area contributed by atoms with Crippen LogP contribution in [0.15, 0.2) is 16.7 Å². The van der Waals surface area contributed by atoms with E-state index in [1.807, 2.05) is 11.0 Å². The number of hydrogen-bond donors (Lipinski definition) is 1. The van der Waals surface area contributed by atoms with E-state index in [4.69, 9.17) is 0 Å². The number of amides is 1. The Labute approximate surface area is 122 Å². The molecule has 1 aromatic heterocycles. The number of halogens is 1. The molecule has 1 fully saturated rings. The Morgan fingerprint density at radius 3 is 2.79 bits per heavy atom. The Morgan fingerprint density at radius 2 is 2.21 bits per heavy atom. The second-order valence-electron chi connectivity index (χ2n) is 4.94. The highest BCUT2D eigenvalue weighted by molar-refractivity contribution is 9.10. The van der Waals surface area contributed by atoms with Gasteiger partial charge in [0.1, 0.15) is 5.82 Å². The largest absolute Gasteiger partial charge is 0.372 e. The highest BCUT2D eigenvalue weighted by atomic mass is 79.9. The number of nitrogens with zero attached hydrogens (tertiary/aromatic N) is 2. The van der Waals surface area contributed by atoms with Crippen molar-refractivity contribution in [1.82, 2.24) is 9.88 Å². The quantitative estimate of drug-likeness (QED) is 0.928. The summed E-state index contributed by atoms with van der Waals surface area (Å²) in [5, 5.41) is 2.98. The van der Waals surface area contributed by atoms with Gasteiger partial charge in [0.05, 0.1) is 5.56 Å². The normalized spacial score (nSPS) is 16.5. The van der Waals surface area contributed by atoms with Crippen molar-refractivity contribution in [3.63, 3.8) is 0 Å².